The van der Waals surface area contributed by atoms with E-state index < -0.39 is 0 Å². The van der Waals surface area contributed by atoms with Crippen molar-refractivity contribution in [3.63, 3.8) is 0 Å². The van der Waals surface area contributed by atoms with Gasteiger partial charge < -0.3 is 9.55 Å². The van der Waals surface area contributed by atoms with E-state index in [4.69, 9.17) is 0 Å². The summed E-state index contributed by atoms with van der Waals surface area (Å²) in [7, 11) is 0. The highest BCUT2D eigenvalue weighted by atomic mass is 15.0. The Balaban J connectivity index is 1.31. The first kappa shape index (κ1) is 19.0. The normalized spacial score (nSPS) is 11.5. The van der Waals surface area contributed by atoms with Crippen LogP contribution in [0.5, 0.6) is 0 Å². The summed E-state index contributed by atoms with van der Waals surface area (Å²) in [5.74, 6) is 0. The maximum Gasteiger partial charge on any atom is 0.0544 e. The maximum absolute atomic E-state index is 3.63. The molecular weight excluding hydrogens is 412 g/mol. The van der Waals surface area contributed by atoms with E-state index in [1.165, 1.54) is 55.0 Å². The van der Waals surface area contributed by atoms with Crippen LogP contribution in [0.25, 0.3) is 60.6 Å². The number of para-hydroxylation sites is 2. The standard InChI is InChI=1S/C32H22N2/c1-2-7-22(8-3-1)25-14-13-24-19-20-34(31(24)21-25)26-17-15-23(16-18-26)27-10-6-11-29-28-9-4-5-12-30(28)33-32(27)29/h1-21,33H. The van der Waals surface area contributed by atoms with Crippen LogP contribution in [0.4, 0.5) is 0 Å². The lowest BCUT2D eigenvalue weighted by atomic mass is 10.0. The van der Waals surface area contributed by atoms with Gasteiger partial charge in [-0.05, 0) is 52.4 Å². The lowest BCUT2D eigenvalue weighted by molar-refractivity contribution is 1.13. The summed E-state index contributed by atoms with van der Waals surface area (Å²) in [5, 5.41) is 3.78. The van der Waals surface area contributed by atoms with Gasteiger partial charge >= 0.3 is 0 Å². The van der Waals surface area contributed by atoms with E-state index in [0.29, 0.717) is 0 Å². The Morgan fingerprint density at radius 1 is 0.529 bits per heavy atom. The van der Waals surface area contributed by atoms with Crippen LogP contribution in [0.3, 0.4) is 0 Å². The Morgan fingerprint density at radius 2 is 1.29 bits per heavy atom. The van der Waals surface area contributed by atoms with Gasteiger partial charge in [0.1, 0.15) is 0 Å². The molecule has 5 aromatic carbocycles. The zero-order chi connectivity index (χ0) is 22.5. The fourth-order valence-electron chi connectivity index (χ4n) is 5.08. The quantitative estimate of drug-likeness (QED) is 0.287. The van der Waals surface area contributed by atoms with Crippen LogP contribution < -0.4 is 0 Å². The third-order valence-corrected chi connectivity index (χ3v) is 6.80. The number of fused-ring (bicyclic) bond motifs is 4. The first-order chi connectivity index (χ1) is 16.8. The highest BCUT2D eigenvalue weighted by molar-refractivity contribution is 6.11. The number of aromatic nitrogens is 2. The third kappa shape index (κ3) is 2.96. The highest BCUT2D eigenvalue weighted by Gasteiger charge is 2.10. The molecule has 0 bridgehead atoms. The average Bonchev–Trinajstić information content (AvgIpc) is 3.50. The molecule has 0 aliphatic rings. The van der Waals surface area contributed by atoms with Crippen LogP contribution >= 0.6 is 0 Å². The third-order valence-electron chi connectivity index (χ3n) is 6.80. The second kappa shape index (κ2) is 7.50. The van der Waals surface area contributed by atoms with Gasteiger partial charge in [0, 0.05) is 33.7 Å². The van der Waals surface area contributed by atoms with Crippen LogP contribution in [0.2, 0.25) is 0 Å². The second-order valence-electron chi connectivity index (χ2n) is 8.77. The highest BCUT2D eigenvalue weighted by Crippen LogP contribution is 2.34. The number of rotatable bonds is 3. The van der Waals surface area contributed by atoms with Gasteiger partial charge in [-0.1, -0.05) is 91.0 Å². The molecule has 0 fully saturated rings. The summed E-state index contributed by atoms with van der Waals surface area (Å²) in [5.41, 5.74) is 9.64. The van der Waals surface area contributed by atoms with Gasteiger partial charge in [-0.2, -0.15) is 0 Å². The maximum atomic E-state index is 3.63. The summed E-state index contributed by atoms with van der Waals surface area (Å²) in [6.45, 7) is 0. The smallest absolute Gasteiger partial charge is 0.0544 e. The zero-order valence-electron chi connectivity index (χ0n) is 18.6. The first-order valence-electron chi connectivity index (χ1n) is 11.6. The summed E-state index contributed by atoms with van der Waals surface area (Å²) >= 11 is 0. The van der Waals surface area contributed by atoms with Crippen LogP contribution in [0.1, 0.15) is 0 Å². The predicted molar refractivity (Wildman–Crippen MR) is 144 cm³/mol. The van der Waals surface area contributed by atoms with E-state index >= 15 is 0 Å². The Morgan fingerprint density at radius 3 is 2.18 bits per heavy atom. The topological polar surface area (TPSA) is 20.7 Å². The van der Waals surface area contributed by atoms with Gasteiger partial charge in [0.05, 0.1) is 11.0 Å². The number of hydrogen-bond donors (Lipinski definition) is 1. The first-order valence-corrected chi connectivity index (χ1v) is 11.6. The van der Waals surface area contributed by atoms with Crippen LogP contribution in [-0.2, 0) is 0 Å². The minimum Gasteiger partial charge on any atom is -0.354 e. The fraction of sp³-hybridized carbons (Fsp3) is 0. The van der Waals surface area contributed by atoms with Crippen molar-refractivity contribution in [2.45, 2.75) is 0 Å². The predicted octanol–water partition coefficient (Wildman–Crippen LogP) is 8.60. The molecule has 0 radical (unpaired) electrons. The van der Waals surface area contributed by atoms with Gasteiger partial charge in [-0.3, -0.25) is 0 Å². The van der Waals surface area contributed by atoms with Gasteiger partial charge in [-0.25, -0.2) is 0 Å². The van der Waals surface area contributed by atoms with Crippen LogP contribution in [0, 0.1) is 0 Å². The summed E-state index contributed by atoms with van der Waals surface area (Å²) in [6.07, 6.45) is 2.16. The lowest BCUT2D eigenvalue weighted by Gasteiger charge is -2.10. The van der Waals surface area contributed by atoms with E-state index in [2.05, 4.69) is 137 Å². The van der Waals surface area contributed by atoms with Crippen LogP contribution in [-0.4, -0.2) is 9.55 Å². The average molecular weight is 435 g/mol. The van der Waals surface area contributed by atoms with E-state index in [-0.39, 0.29) is 0 Å². The molecule has 0 unspecified atom stereocenters. The number of benzene rings is 5. The SMILES string of the molecule is c1ccc(-c2ccc3ccn(-c4ccc(-c5cccc6c5[nH]c5ccccc56)cc4)c3c2)cc1. The number of aromatic amines is 1. The molecule has 0 aliphatic carbocycles. The van der Waals surface area contributed by atoms with Gasteiger partial charge in [0.2, 0.25) is 0 Å². The summed E-state index contributed by atoms with van der Waals surface area (Å²) in [6, 6.07) is 43.4. The Kier molecular flexibility index (Phi) is 4.18. The molecule has 0 aliphatic heterocycles. The minimum absolute atomic E-state index is 1.16. The molecule has 2 heterocycles. The van der Waals surface area contributed by atoms with Crippen molar-refractivity contribution in [3.8, 4) is 27.9 Å². The molecule has 0 saturated heterocycles. The minimum atomic E-state index is 1.16. The lowest BCUT2D eigenvalue weighted by Crippen LogP contribution is -1.92. The molecule has 0 atom stereocenters. The summed E-state index contributed by atoms with van der Waals surface area (Å²) < 4.78 is 2.27. The van der Waals surface area contributed by atoms with Crippen molar-refractivity contribution in [3.05, 3.63) is 128 Å². The molecule has 1 N–H and O–H groups in total. The molecule has 2 aromatic heterocycles. The number of H-pyrrole nitrogens is 1. The Bertz CT molecular complexity index is 1780. The van der Waals surface area contributed by atoms with Crippen molar-refractivity contribution in [1.82, 2.24) is 9.55 Å². The fourth-order valence-corrected chi connectivity index (χ4v) is 5.08. The molecule has 0 saturated carbocycles. The van der Waals surface area contributed by atoms with Gasteiger partial charge in [0.15, 0.2) is 0 Å². The molecule has 160 valence electrons. The van der Waals surface area contributed by atoms with Crippen LogP contribution in [0.15, 0.2) is 128 Å². The number of nitrogens with zero attached hydrogens (tertiary/aromatic N) is 1. The largest absolute Gasteiger partial charge is 0.354 e. The van der Waals surface area contributed by atoms with E-state index in [1.807, 2.05) is 0 Å². The van der Waals surface area contributed by atoms with Crippen molar-refractivity contribution >= 4 is 32.7 Å². The summed E-state index contributed by atoms with van der Waals surface area (Å²) in [4.78, 5) is 3.63. The molecule has 7 aromatic rings. The Hall–Kier alpha value is -4.56. The molecule has 7 rings (SSSR count). The van der Waals surface area contributed by atoms with Gasteiger partial charge in [0.25, 0.3) is 0 Å². The number of hydrogen-bond acceptors (Lipinski definition) is 0. The van der Waals surface area contributed by atoms with Crippen molar-refractivity contribution in [1.29, 1.82) is 0 Å². The molecule has 2 nitrogen and oxygen atoms in total. The van der Waals surface area contributed by atoms with E-state index in [0.717, 1.165) is 5.69 Å². The van der Waals surface area contributed by atoms with Gasteiger partial charge in [-0.15, -0.1) is 0 Å². The monoisotopic (exact) mass is 434 g/mol. The van der Waals surface area contributed by atoms with Crippen molar-refractivity contribution < 1.29 is 0 Å². The second-order valence-corrected chi connectivity index (χ2v) is 8.77. The Labute approximate surface area is 197 Å². The van der Waals surface area contributed by atoms with E-state index in [9.17, 15) is 0 Å². The van der Waals surface area contributed by atoms with Crippen molar-refractivity contribution in [2.24, 2.45) is 0 Å². The van der Waals surface area contributed by atoms with Crippen molar-refractivity contribution in [2.75, 3.05) is 0 Å². The number of nitrogens with one attached hydrogen (secondary N) is 1. The molecule has 0 spiro atoms. The molecule has 34 heavy (non-hydrogen) atoms. The zero-order valence-corrected chi connectivity index (χ0v) is 18.6. The van der Waals surface area contributed by atoms with E-state index in [1.54, 1.807) is 0 Å². The molecular formula is C32H22N2. The molecule has 2 heteroatoms. The molecule has 0 amide bonds.